The van der Waals surface area contributed by atoms with Gasteiger partial charge in [0.25, 0.3) is 0 Å². The third kappa shape index (κ3) is 2.50. The number of pyridine rings is 1. The van der Waals surface area contributed by atoms with E-state index in [0.29, 0.717) is 12.5 Å². The van der Waals surface area contributed by atoms with E-state index >= 15 is 0 Å². The molecule has 1 aliphatic rings. The van der Waals surface area contributed by atoms with Gasteiger partial charge in [0.05, 0.1) is 11.9 Å². The third-order valence-corrected chi connectivity index (χ3v) is 3.34. The van der Waals surface area contributed by atoms with E-state index in [1.54, 1.807) is 24.3 Å². The molecule has 5 nitrogen and oxygen atoms in total. The summed E-state index contributed by atoms with van der Waals surface area (Å²) in [4.78, 5) is 30.8. The summed E-state index contributed by atoms with van der Waals surface area (Å²) in [6.45, 7) is 6.16. The van der Waals surface area contributed by atoms with Gasteiger partial charge in [-0.1, -0.05) is 13.5 Å². The van der Waals surface area contributed by atoms with E-state index in [2.05, 4.69) is 18.5 Å². The number of anilines is 1. The number of fused-ring (bicyclic) bond motifs is 1. The summed E-state index contributed by atoms with van der Waals surface area (Å²) >= 11 is 0. The standard InChI is InChI=1S/C14H17N3O2/c1-4-13(18)16(3)9-14(19)17-8-10(2)11-5-6-15-7-12(11)17/h4-7,10H,1,8-9H2,2-3H3. The van der Waals surface area contributed by atoms with Gasteiger partial charge in [0.15, 0.2) is 0 Å². The van der Waals surface area contributed by atoms with E-state index in [1.807, 2.05) is 6.07 Å². The summed E-state index contributed by atoms with van der Waals surface area (Å²) in [5, 5.41) is 0. The van der Waals surface area contributed by atoms with Gasteiger partial charge in [0.1, 0.15) is 6.54 Å². The molecule has 0 bridgehead atoms. The maximum Gasteiger partial charge on any atom is 0.246 e. The highest BCUT2D eigenvalue weighted by Crippen LogP contribution is 2.34. The lowest BCUT2D eigenvalue weighted by molar-refractivity contribution is -0.130. The summed E-state index contributed by atoms with van der Waals surface area (Å²) in [7, 11) is 1.59. The van der Waals surface area contributed by atoms with E-state index in [9.17, 15) is 9.59 Å². The molecule has 100 valence electrons. The fourth-order valence-electron chi connectivity index (χ4n) is 2.27. The van der Waals surface area contributed by atoms with Gasteiger partial charge in [0.2, 0.25) is 11.8 Å². The van der Waals surface area contributed by atoms with Crippen molar-refractivity contribution in [2.24, 2.45) is 0 Å². The molecule has 19 heavy (non-hydrogen) atoms. The van der Waals surface area contributed by atoms with Crippen LogP contribution in [0, 0.1) is 0 Å². The second kappa shape index (κ2) is 5.22. The molecule has 1 aromatic heterocycles. The molecule has 1 unspecified atom stereocenters. The van der Waals surface area contributed by atoms with Crippen molar-refractivity contribution in [2.75, 3.05) is 25.0 Å². The molecule has 1 aliphatic heterocycles. The molecule has 0 aromatic carbocycles. The number of amides is 2. The van der Waals surface area contributed by atoms with Crippen molar-refractivity contribution < 1.29 is 9.59 Å². The van der Waals surface area contributed by atoms with Crippen LogP contribution in [0.3, 0.4) is 0 Å². The van der Waals surface area contributed by atoms with Crippen LogP contribution in [0.25, 0.3) is 0 Å². The quantitative estimate of drug-likeness (QED) is 0.766. The highest BCUT2D eigenvalue weighted by molar-refractivity contribution is 5.99. The lowest BCUT2D eigenvalue weighted by atomic mass is 10.1. The number of rotatable bonds is 3. The molecule has 1 atom stereocenters. The van der Waals surface area contributed by atoms with Gasteiger partial charge in [-0.25, -0.2) is 0 Å². The summed E-state index contributed by atoms with van der Waals surface area (Å²) in [6, 6.07) is 1.94. The Labute approximate surface area is 112 Å². The maximum absolute atomic E-state index is 12.3. The van der Waals surface area contributed by atoms with Crippen LogP contribution in [0.2, 0.25) is 0 Å². The maximum atomic E-state index is 12.3. The Morgan fingerprint density at radius 3 is 3.05 bits per heavy atom. The second-order valence-electron chi connectivity index (χ2n) is 4.74. The van der Waals surface area contributed by atoms with E-state index in [1.165, 1.54) is 11.0 Å². The van der Waals surface area contributed by atoms with Gasteiger partial charge in [-0.05, 0) is 17.7 Å². The SMILES string of the molecule is C=CC(=O)N(C)CC(=O)N1CC(C)c2ccncc21. The first-order valence-corrected chi connectivity index (χ1v) is 6.16. The molecular weight excluding hydrogens is 242 g/mol. The highest BCUT2D eigenvalue weighted by atomic mass is 16.2. The van der Waals surface area contributed by atoms with Crippen LogP contribution in [0.15, 0.2) is 31.1 Å². The molecule has 0 fully saturated rings. The molecule has 2 amide bonds. The Kier molecular flexibility index (Phi) is 3.64. The number of hydrogen-bond acceptors (Lipinski definition) is 3. The average molecular weight is 259 g/mol. The van der Waals surface area contributed by atoms with E-state index in [4.69, 9.17) is 0 Å². The topological polar surface area (TPSA) is 53.5 Å². The van der Waals surface area contributed by atoms with E-state index < -0.39 is 0 Å². The average Bonchev–Trinajstić information content (AvgIpc) is 2.76. The summed E-state index contributed by atoms with van der Waals surface area (Å²) < 4.78 is 0. The minimum atomic E-state index is -0.257. The summed E-state index contributed by atoms with van der Waals surface area (Å²) in [5.74, 6) is -0.0642. The van der Waals surface area contributed by atoms with Crippen LogP contribution in [-0.2, 0) is 9.59 Å². The largest absolute Gasteiger partial charge is 0.333 e. The number of aromatic nitrogens is 1. The molecule has 0 aliphatic carbocycles. The van der Waals surface area contributed by atoms with E-state index in [-0.39, 0.29) is 18.4 Å². The summed E-state index contributed by atoms with van der Waals surface area (Å²) in [6.07, 6.45) is 4.64. The Balaban J connectivity index is 2.14. The van der Waals surface area contributed by atoms with Crippen LogP contribution in [0.1, 0.15) is 18.4 Å². The van der Waals surface area contributed by atoms with Gasteiger partial charge in [-0.3, -0.25) is 14.6 Å². The molecule has 0 spiro atoms. The van der Waals surface area contributed by atoms with Crippen molar-refractivity contribution in [3.63, 3.8) is 0 Å². The van der Waals surface area contributed by atoms with Gasteiger partial charge in [0, 0.05) is 25.7 Å². The van der Waals surface area contributed by atoms with Crippen molar-refractivity contribution in [3.05, 3.63) is 36.7 Å². The first kappa shape index (κ1) is 13.3. The van der Waals surface area contributed by atoms with Crippen LogP contribution in [0.4, 0.5) is 5.69 Å². The Morgan fingerprint density at radius 2 is 2.37 bits per heavy atom. The zero-order chi connectivity index (χ0) is 14.0. The fraction of sp³-hybridized carbons (Fsp3) is 0.357. The molecule has 2 rings (SSSR count). The fourth-order valence-corrected chi connectivity index (χ4v) is 2.27. The van der Waals surface area contributed by atoms with Crippen LogP contribution >= 0.6 is 0 Å². The van der Waals surface area contributed by atoms with Gasteiger partial charge in [-0.2, -0.15) is 0 Å². The monoisotopic (exact) mass is 259 g/mol. The van der Waals surface area contributed by atoms with Crippen molar-refractivity contribution in [3.8, 4) is 0 Å². The molecule has 0 saturated carbocycles. The first-order valence-electron chi connectivity index (χ1n) is 6.16. The minimum absolute atomic E-state index is 0.0475. The molecule has 5 heteroatoms. The van der Waals surface area contributed by atoms with Crippen LogP contribution < -0.4 is 4.90 Å². The lowest BCUT2D eigenvalue weighted by Crippen LogP contribution is -2.40. The van der Waals surface area contributed by atoms with Crippen molar-refractivity contribution in [1.82, 2.24) is 9.88 Å². The number of nitrogens with zero attached hydrogens (tertiary/aromatic N) is 3. The van der Waals surface area contributed by atoms with Gasteiger partial charge >= 0.3 is 0 Å². The zero-order valence-corrected chi connectivity index (χ0v) is 11.2. The first-order chi connectivity index (χ1) is 9.04. The lowest BCUT2D eigenvalue weighted by Gasteiger charge is -2.21. The smallest absolute Gasteiger partial charge is 0.246 e. The van der Waals surface area contributed by atoms with Gasteiger partial charge in [-0.15, -0.1) is 0 Å². The predicted octanol–water partition coefficient (Wildman–Crippen LogP) is 1.18. The van der Waals surface area contributed by atoms with Crippen molar-refractivity contribution >= 4 is 17.5 Å². The number of likely N-dealkylation sites (N-methyl/N-ethyl adjacent to an activating group) is 1. The third-order valence-electron chi connectivity index (χ3n) is 3.34. The Hall–Kier alpha value is -2.17. The Morgan fingerprint density at radius 1 is 1.63 bits per heavy atom. The molecule has 2 heterocycles. The minimum Gasteiger partial charge on any atom is -0.333 e. The van der Waals surface area contributed by atoms with Crippen molar-refractivity contribution in [1.29, 1.82) is 0 Å². The molecular formula is C14H17N3O2. The Bertz CT molecular complexity index is 527. The predicted molar refractivity (Wildman–Crippen MR) is 72.8 cm³/mol. The summed E-state index contributed by atoms with van der Waals surface area (Å²) in [5.41, 5.74) is 1.97. The number of carbonyl (C=O) groups is 2. The number of hydrogen-bond donors (Lipinski definition) is 0. The molecule has 1 aromatic rings. The van der Waals surface area contributed by atoms with Gasteiger partial charge < -0.3 is 9.80 Å². The normalized spacial score (nSPS) is 16.9. The zero-order valence-electron chi connectivity index (χ0n) is 11.2. The van der Waals surface area contributed by atoms with Crippen LogP contribution in [-0.4, -0.2) is 41.8 Å². The van der Waals surface area contributed by atoms with Crippen LogP contribution in [0.5, 0.6) is 0 Å². The molecule has 0 saturated heterocycles. The molecule has 0 radical (unpaired) electrons. The second-order valence-corrected chi connectivity index (χ2v) is 4.74. The number of carbonyl (C=O) groups excluding carboxylic acids is 2. The molecule has 0 N–H and O–H groups in total. The van der Waals surface area contributed by atoms with Crippen molar-refractivity contribution in [2.45, 2.75) is 12.8 Å². The highest BCUT2D eigenvalue weighted by Gasteiger charge is 2.30. The van der Waals surface area contributed by atoms with E-state index in [0.717, 1.165) is 11.3 Å².